The van der Waals surface area contributed by atoms with Crippen molar-refractivity contribution >= 4 is 5.97 Å². The second kappa shape index (κ2) is 9.07. The van der Waals surface area contributed by atoms with E-state index in [0.717, 1.165) is 0 Å². The average Bonchev–Trinajstić information content (AvgIpc) is 2.62. The van der Waals surface area contributed by atoms with Gasteiger partial charge in [-0.15, -0.1) is 6.58 Å². The van der Waals surface area contributed by atoms with Crippen LogP contribution in [0.25, 0.3) is 0 Å². The number of ether oxygens (including phenoxy) is 2. The Morgan fingerprint density at radius 2 is 1.92 bits per heavy atom. The van der Waals surface area contributed by atoms with Crippen molar-refractivity contribution in [3.8, 4) is 0 Å². The van der Waals surface area contributed by atoms with E-state index in [4.69, 9.17) is 9.47 Å². The summed E-state index contributed by atoms with van der Waals surface area (Å²) in [4.78, 5) is 11.8. The largest absolute Gasteiger partial charge is 0.465 e. The number of aliphatic hydroxyl groups excluding tert-OH is 5. The number of hydrogen-bond donors (Lipinski definition) is 5. The highest BCUT2D eigenvalue weighted by Crippen LogP contribution is 2.33. The first kappa shape index (κ1) is 20.3. The van der Waals surface area contributed by atoms with Gasteiger partial charge in [0.15, 0.2) is 0 Å². The second-order valence-corrected chi connectivity index (χ2v) is 6.83. The number of rotatable bonds is 7. The third-order valence-corrected chi connectivity index (χ3v) is 5.40. The van der Waals surface area contributed by atoms with Crippen molar-refractivity contribution in [2.24, 2.45) is 23.7 Å². The zero-order valence-corrected chi connectivity index (χ0v) is 14.1. The van der Waals surface area contributed by atoms with Gasteiger partial charge in [0.2, 0.25) is 0 Å². The lowest BCUT2D eigenvalue weighted by molar-refractivity contribution is -0.183. The Morgan fingerprint density at radius 3 is 2.52 bits per heavy atom. The number of aliphatic hydroxyl groups is 5. The lowest BCUT2D eigenvalue weighted by Crippen LogP contribution is -2.55. The van der Waals surface area contributed by atoms with Gasteiger partial charge in [-0.2, -0.15) is 0 Å². The molecule has 1 heterocycles. The maximum atomic E-state index is 11.8. The normalized spacial score (nSPS) is 40.4. The number of hydrogen-bond acceptors (Lipinski definition) is 8. The highest BCUT2D eigenvalue weighted by atomic mass is 16.5. The van der Waals surface area contributed by atoms with Crippen LogP contribution in [0.2, 0.25) is 0 Å². The Labute approximate surface area is 146 Å². The van der Waals surface area contributed by atoms with Gasteiger partial charge in [-0.1, -0.05) is 6.08 Å². The van der Waals surface area contributed by atoms with E-state index >= 15 is 0 Å². The van der Waals surface area contributed by atoms with Crippen LogP contribution in [0.5, 0.6) is 0 Å². The molecule has 8 nitrogen and oxygen atoms in total. The second-order valence-electron chi connectivity index (χ2n) is 6.83. The minimum absolute atomic E-state index is 0.140. The summed E-state index contributed by atoms with van der Waals surface area (Å²) in [6.45, 7) is 3.53. The molecule has 1 saturated heterocycles. The Balaban J connectivity index is 1.99. The maximum Gasteiger partial charge on any atom is 0.311 e. The molecule has 0 aromatic rings. The van der Waals surface area contributed by atoms with E-state index in [1.165, 1.54) is 0 Å². The smallest absolute Gasteiger partial charge is 0.311 e. The molecule has 144 valence electrons. The third kappa shape index (κ3) is 4.39. The van der Waals surface area contributed by atoms with Crippen LogP contribution < -0.4 is 0 Å². The van der Waals surface area contributed by atoms with Crippen molar-refractivity contribution in [1.29, 1.82) is 0 Å². The summed E-state index contributed by atoms with van der Waals surface area (Å²) in [7, 11) is 0. The van der Waals surface area contributed by atoms with Gasteiger partial charge in [-0.3, -0.25) is 4.79 Å². The molecule has 0 spiro atoms. The monoisotopic (exact) mass is 360 g/mol. The Hall–Kier alpha value is -1.03. The van der Waals surface area contributed by atoms with Crippen molar-refractivity contribution in [2.75, 3.05) is 26.4 Å². The molecule has 0 aromatic carbocycles. The molecule has 8 heteroatoms. The van der Waals surface area contributed by atoms with Crippen LogP contribution in [-0.2, 0) is 14.3 Å². The van der Waals surface area contributed by atoms with Gasteiger partial charge in [-0.25, -0.2) is 0 Å². The molecule has 25 heavy (non-hydrogen) atoms. The number of carbonyl (C=O) groups excluding carboxylic acids is 1. The molecule has 1 saturated carbocycles. The molecule has 0 bridgehead atoms. The van der Waals surface area contributed by atoms with Gasteiger partial charge in [0.25, 0.3) is 0 Å². The maximum absolute atomic E-state index is 11.8. The molecular formula is C17H28O8. The van der Waals surface area contributed by atoms with E-state index in [1.807, 2.05) is 0 Å². The van der Waals surface area contributed by atoms with Gasteiger partial charge < -0.3 is 35.0 Å². The first-order valence-electron chi connectivity index (χ1n) is 8.61. The standard InChI is InChI=1S/C17H28O8/c1-2-9(11-3-4-24-17(23)12(11)7-19)8-25-13-5-10(6-18)14(20)16(22)15(13)21/h2,9-16,18-22H,1,3-8H2/t9-,10-,11+,12+,13-,14-,15+,16+/m1/s1. The van der Waals surface area contributed by atoms with Gasteiger partial charge >= 0.3 is 5.97 Å². The quantitative estimate of drug-likeness (QED) is 0.272. The van der Waals surface area contributed by atoms with Crippen LogP contribution in [0.1, 0.15) is 12.8 Å². The predicted molar refractivity (Wildman–Crippen MR) is 86.3 cm³/mol. The number of carbonyl (C=O) groups is 1. The summed E-state index contributed by atoms with van der Waals surface area (Å²) in [6, 6.07) is 0. The molecule has 0 unspecified atom stereocenters. The van der Waals surface area contributed by atoms with E-state index in [0.29, 0.717) is 6.42 Å². The average molecular weight is 360 g/mol. The minimum Gasteiger partial charge on any atom is -0.465 e. The van der Waals surface area contributed by atoms with E-state index in [-0.39, 0.29) is 44.7 Å². The summed E-state index contributed by atoms with van der Waals surface area (Å²) in [6.07, 6.45) is -2.19. The fourth-order valence-electron chi connectivity index (χ4n) is 3.73. The van der Waals surface area contributed by atoms with Gasteiger partial charge in [0, 0.05) is 18.4 Å². The molecule has 2 rings (SSSR count). The summed E-state index contributed by atoms with van der Waals surface area (Å²) < 4.78 is 10.7. The zero-order valence-electron chi connectivity index (χ0n) is 14.1. The highest BCUT2D eigenvalue weighted by molar-refractivity contribution is 5.73. The van der Waals surface area contributed by atoms with Crippen LogP contribution in [0.4, 0.5) is 0 Å². The third-order valence-electron chi connectivity index (χ3n) is 5.40. The minimum atomic E-state index is -1.40. The molecule has 1 aliphatic heterocycles. The SMILES string of the molecule is C=C[C@H](CO[C@@H]1C[C@H](CO)[C@@H](O)[C@H](O)[C@H]1O)[C@@H]1CCOC(=O)[C@H]1CO. The molecule has 2 aliphatic rings. The van der Waals surface area contributed by atoms with Crippen LogP contribution in [0.3, 0.4) is 0 Å². The molecule has 5 N–H and O–H groups in total. The molecular weight excluding hydrogens is 332 g/mol. The van der Waals surface area contributed by atoms with Crippen molar-refractivity contribution in [1.82, 2.24) is 0 Å². The molecule has 0 radical (unpaired) electrons. The highest BCUT2D eigenvalue weighted by Gasteiger charge is 2.44. The topological polar surface area (TPSA) is 137 Å². The van der Waals surface area contributed by atoms with Crippen molar-refractivity contribution in [2.45, 2.75) is 37.3 Å². The van der Waals surface area contributed by atoms with Crippen LogP contribution in [-0.4, -0.2) is 82.3 Å². The molecule has 1 aliphatic carbocycles. The predicted octanol–water partition coefficient (Wildman–Crippen LogP) is -1.56. The van der Waals surface area contributed by atoms with Crippen LogP contribution in [0, 0.1) is 23.7 Å². The van der Waals surface area contributed by atoms with Crippen LogP contribution in [0.15, 0.2) is 12.7 Å². The molecule has 0 aromatic heterocycles. The van der Waals surface area contributed by atoms with Gasteiger partial charge in [-0.05, 0) is 18.8 Å². The first-order chi connectivity index (χ1) is 11.9. The Bertz CT molecular complexity index is 454. The summed E-state index contributed by atoms with van der Waals surface area (Å²) in [5.74, 6) is -2.10. The molecule has 0 amide bonds. The fourth-order valence-corrected chi connectivity index (χ4v) is 3.73. The summed E-state index contributed by atoms with van der Waals surface area (Å²) >= 11 is 0. The van der Waals surface area contributed by atoms with E-state index in [2.05, 4.69) is 6.58 Å². The van der Waals surface area contributed by atoms with Crippen molar-refractivity contribution in [3.05, 3.63) is 12.7 Å². The van der Waals surface area contributed by atoms with Crippen molar-refractivity contribution in [3.63, 3.8) is 0 Å². The lowest BCUT2D eigenvalue weighted by atomic mass is 9.78. The van der Waals surface area contributed by atoms with E-state index < -0.39 is 42.2 Å². The fraction of sp³-hybridized carbons (Fsp3) is 0.824. The van der Waals surface area contributed by atoms with Gasteiger partial charge in [0.05, 0.1) is 37.9 Å². The molecule has 8 atom stereocenters. The van der Waals surface area contributed by atoms with Crippen LogP contribution >= 0.6 is 0 Å². The van der Waals surface area contributed by atoms with E-state index in [9.17, 15) is 30.3 Å². The van der Waals surface area contributed by atoms with Crippen molar-refractivity contribution < 1.29 is 39.8 Å². The van der Waals surface area contributed by atoms with E-state index in [1.54, 1.807) is 6.08 Å². The zero-order chi connectivity index (χ0) is 18.6. The number of cyclic esters (lactones) is 1. The number of esters is 1. The molecule has 2 fully saturated rings. The summed E-state index contributed by atoms with van der Waals surface area (Å²) in [5, 5.41) is 48.6. The summed E-state index contributed by atoms with van der Waals surface area (Å²) in [5.41, 5.74) is 0. The Morgan fingerprint density at radius 1 is 1.20 bits per heavy atom. The Kier molecular flexibility index (Phi) is 7.36. The lowest BCUT2D eigenvalue weighted by Gasteiger charge is -2.40. The van der Waals surface area contributed by atoms with Gasteiger partial charge in [0.1, 0.15) is 12.2 Å². The first-order valence-corrected chi connectivity index (χ1v) is 8.61.